The summed E-state index contributed by atoms with van der Waals surface area (Å²) < 4.78 is 10.6. The smallest absolute Gasteiger partial charge is 0.288 e. The number of hydrogen-bond acceptors (Lipinski definition) is 5. The highest BCUT2D eigenvalue weighted by molar-refractivity contribution is 6.32. The molecule has 0 aromatic heterocycles. The van der Waals surface area contributed by atoms with Gasteiger partial charge in [-0.2, -0.15) is 0 Å². The molecule has 0 spiro atoms. The molecule has 0 radical (unpaired) electrons. The number of aliphatic hydroxyl groups excluding tert-OH is 1. The van der Waals surface area contributed by atoms with E-state index in [0.717, 1.165) is 0 Å². The second-order valence-electron chi connectivity index (χ2n) is 4.03. The average Bonchev–Trinajstić information content (AvgIpc) is 2.28. The molecule has 1 aromatic carbocycles. The number of nitro benzene ring substituents is 1. The summed E-state index contributed by atoms with van der Waals surface area (Å²) in [6.07, 6.45) is -0.706. The molecule has 1 N–H and O–H groups in total. The molecule has 0 bridgehead atoms. The number of halogens is 1. The van der Waals surface area contributed by atoms with Gasteiger partial charge in [0.1, 0.15) is 23.0 Å². The maximum absolute atomic E-state index is 10.6. The summed E-state index contributed by atoms with van der Waals surface area (Å²) in [5.74, 6) is 0.421. The van der Waals surface area contributed by atoms with Gasteiger partial charge in [0.15, 0.2) is 0 Å². The Morgan fingerprint density at radius 3 is 2.78 bits per heavy atom. The van der Waals surface area contributed by atoms with Crippen LogP contribution in [0.2, 0.25) is 5.02 Å². The third-order valence-electron chi connectivity index (χ3n) is 2.89. The van der Waals surface area contributed by atoms with Crippen LogP contribution in [0.25, 0.3) is 0 Å². The molecule has 18 heavy (non-hydrogen) atoms. The van der Waals surface area contributed by atoms with Gasteiger partial charge in [-0.1, -0.05) is 11.6 Å². The van der Waals surface area contributed by atoms with Crippen LogP contribution in [0.1, 0.15) is 6.42 Å². The predicted molar refractivity (Wildman–Crippen MR) is 63.9 cm³/mol. The number of hydrogen-bond donors (Lipinski definition) is 1. The second kappa shape index (κ2) is 5.09. The van der Waals surface area contributed by atoms with Gasteiger partial charge in [-0.05, 0) is 6.07 Å². The summed E-state index contributed by atoms with van der Waals surface area (Å²) >= 11 is 5.77. The topological polar surface area (TPSA) is 81.8 Å². The Hall–Kier alpha value is -1.37. The van der Waals surface area contributed by atoms with Crippen LogP contribution in [-0.4, -0.2) is 35.5 Å². The Labute approximate surface area is 108 Å². The van der Waals surface area contributed by atoms with E-state index in [0.29, 0.717) is 12.2 Å². The molecule has 2 rings (SSSR count). The number of ether oxygens (including phenoxy) is 2. The molecule has 0 saturated heterocycles. The number of benzene rings is 1. The Morgan fingerprint density at radius 2 is 2.28 bits per heavy atom. The molecule has 1 saturated carbocycles. The monoisotopic (exact) mass is 273 g/mol. The van der Waals surface area contributed by atoms with Crippen LogP contribution in [0.5, 0.6) is 5.75 Å². The first-order chi connectivity index (χ1) is 8.52. The third kappa shape index (κ3) is 2.40. The minimum Gasteiger partial charge on any atom is -0.487 e. The SMILES string of the molecule is COC1C(O)CC1Oc1ccc([N+](=O)[O-])c(Cl)c1. The van der Waals surface area contributed by atoms with E-state index >= 15 is 0 Å². The first-order valence-corrected chi connectivity index (χ1v) is 5.72. The normalized spacial score (nSPS) is 26.5. The molecule has 0 amide bonds. The van der Waals surface area contributed by atoms with Gasteiger partial charge in [0.2, 0.25) is 0 Å². The Kier molecular flexibility index (Phi) is 3.70. The highest BCUT2D eigenvalue weighted by atomic mass is 35.5. The van der Waals surface area contributed by atoms with Crippen LogP contribution < -0.4 is 4.74 Å². The number of nitro groups is 1. The van der Waals surface area contributed by atoms with Crippen molar-refractivity contribution in [2.75, 3.05) is 7.11 Å². The van der Waals surface area contributed by atoms with E-state index in [9.17, 15) is 15.2 Å². The minimum absolute atomic E-state index is 0.0198. The van der Waals surface area contributed by atoms with Crippen molar-refractivity contribution < 1.29 is 19.5 Å². The van der Waals surface area contributed by atoms with E-state index in [4.69, 9.17) is 21.1 Å². The molecule has 6 nitrogen and oxygen atoms in total. The van der Waals surface area contributed by atoms with Crippen LogP contribution in [0.3, 0.4) is 0 Å². The zero-order valence-electron chi connectivity index (χ0n) is 9.58. The maximum Gasteiger partial charge on any atom is 0.288 e. The van der Waals surface area contributed by atoms with Gasteiger partial charge in [0.25, 0.3) is 5.69 Å². The maximum atomic E-state index is 10.6. The Morgan fingerprint density at radius 1 is 1.56 bits per heavy atom. The van der Waals surface area contributed by atoms with E-state index in [1.165, 1.54) is 25.3 Å². The van der Waals surface area contributed by atoms with Crippen LogP contribution in [0.4, 0.5) is 5.69 Å². The van der Waals surface area contributed by atoms with Gasteiger partial charge >= 0.3 is 0 Å². The highest BCUT2D eigenvalue weighted by Crippen LogP contribution is 2.32. The lowest BCUT2D eigenvalue weighted by Gasteiger charge is -2.39. The first kappa shape index (κ1) is 13.1. The summed E-state index contributed by atoms with van der Waals surface area (Å²) in [5.41, 5.74) is -0.166. The van der Waals surface area contributed by atoms with E-state index in [-0.39, 0.29) is 22.9 Å². The molecule has 3 atom stereocenters. The molecule has 1 fully saturated rings. The Balaban J connectivity index is 2.07. The van der Waals surface area contributed by atoms with Crippen molar-refractivity contribution in [1.29, 1.82) is 0 Å². The van der Waals surface area contributed by atoms with E-state index in [2.05, 4.69) is 0 Å². The number of rotatable bonds is 4. The first-order valence-electron chi connectivity index (χ1n) is 5.34. The van der Waals surface area contributed by atoms with E-state index in [1.807, 2.05) is 0 Å². The third-order valence-corrected chi connectivity index (χ3v) is 3.20. The van der Waals surface area contributed by atoms with Crippen molar-refractivity contribution >= 4 is 17.3 Å². The standard InChI is InChI=1S/C11H12ClNO5/c1-17-11-9(14)5-10(11)18-6-2-3-8(13(15)16)7(12)4-6/h2-4,9-11,14H,5H2,1H3. The highest BCUT2D eigenvalue weighted by Gasteiger charge is 2.42. The van der Waals surface area contributed by atoms with E-state index in [1.54, 1.807) is 0 Å². The summed E-state index contributed by atoms with van der Waals surface area (Å²) in [4.78, 5) is 10.0. The van der Waals surface area contributed by atoms with Gasteiger partial charge < -0.3 is 14.6 Å². The summed E-state index contributed by atoms with van der Waals surface area (Å²) in [6, 6.07) is 4.15. The lowest BCUT2D eigenvalue weighted by Crippen LogP contribution is -2.54. The minimum atomic E-state index is -0.558. The molecule has 1 aliphatic carbocycles. The van der Waals surface area contributed by atoms with Crippen molar-refractivity contribution in [3.8, 4) is 5.75 Å². The van der Waals surface area contributed by atoms with Crippen LogP contribution in [-0.2, 0) is 4.74 Å². The van der Waals surface area contributed by atoms with Gasteiger partial charge in [-0.15, -0.1) is 0 Å². The number of aliphatic hydroxyl groups is 1. The number of methoxy groups -OCH3 is 1. The molecular weight excluding hydrogens is 262 g/mol. The molecule has 1 aliphatic rings. The van der Waals surface area contributed by atoms with Crippen molar-refractivity contribution in [2.45, 2.75) is 24.7 Å². The van der Waals surface area contributed by atoms with Crippen LogP contribution in [0, 0.1) is 10.1 Å². The van der Waals surface area contributed by atoms with Crippen LogP contribution in [0.15, 0.2) is 18.2 Å². The molecule has 1 aromatic rings. The van der Waals surface area contributed by atoms with Crippen molar-refractivity contribution in [3.05, 3.63) is 33.3 Å². The van der Waals surface area contributed by atoms with Gasteiger partial charge in [0, 0.05) is 25.7 Å². The average molecular weight is 274 g/mol. The molecule has 7 heteroatoms. The summed E-state index contributed by atoms with van der Waals surface area (Å²) in [7, 11) is 1.49. The van der Waals surface area contributed by atoms with Crippen molar-refractivity contribution in [2.24, 2.45) is 0 Å². The zero-order chi connectivity index (χ0) is 13.3. The fraction of sp³-hybridized carbons (Fsp3) is 0.455. The van der Waals surface area contributed by atoms with Gasteiger partial charge in [0.05, 0.1) is 11.0 Å². The van der Waals surface area contributed by atoms with Gasteiger partial charge in [-0.3, -0.25) is 10.1 Å². The summed E-state index contributed by atoms with van der Waals surface area (Å²) in [5, 5.41) is 20.0. The lowest BCUT2D eigenvalue weighted by atomic mass is 9.88. The lowest BCUT2D eigenvalue weighted by molar-refractivity contribution is -0.384. The second-order valence-corrected chi connectivity index (χ2v) is 4.44. The molecule has 3 unspecified atom stereocenters. The van der Waals surface area contributed by atoms with E-state index < -0.39 is 11.0 Å². The fourth-order valence-electron chi connectivity index (χ4n) is 1.87. The molecule has 0 heterocycles. The summed E-state index contributed by atoms with van der Waals surface area (Å²) in [6.45, 7) is 0. The zero-order valence-corrected chi connectivity index (χ0v) is 10.3. The largest absolute Gasteiger partial charge is 0.487 e. The molecule has 0 aliphatic heterocycles. The van der Waals surface area contributed by atoms with Crippen molar-refractivity contribution in [1.82, 2.24) is 0 Å². The number of nitrogens with zero attached hydrogens (tertiary/aromatic N) is 1. The Bertz CT molecular complexity index is 467. The molecular formula is C11H12ClNO5. The quantitative estimate of drug-likeness (QED) is 0.668. The van der Waals surface area contributed by atoms with Crippen LogP contribution >= 0.6 is 11.6 Å². The fourth-order valence-corrected chi connectivity index (χ4v) is 2.11. The van der Waals surface area contributed by atoms with Crippen molar-refractivity contribution in [3.63, 3.8) is 0 Å². The predicted octanol–water partition coefficient (Wildman–Crippen LogP) is 1.78. The van der Waals surface area contributed by atoms with Gasteiger partial charge in [-0.25, -0.2) is 0 Å². The molecule has 98 valence electrons.